The maximum atomic E-state index is 5.68. The predicted octanol–water partition coefficient (Wildman–Crippen LogP) is 3.08. The first kappa shape index (κ1) is 14.7. The molecule has 0 aromatic heterocycles. The summed E-state index contributed by atoms with van der Waals surface area (Å²) in [6.07, 6.45) is 0. The molecule has 0 heterocycles. The van der Waals surface area contributed by atoms with E-state index >= 15 is 0 Å². The van der Waals surface area contributed by atoms with Crippen molar-refractivity contribution in [2.75, 3.05) is 7.11 Å². The quantitative estimate of drug-likeness (QED) is 0.669. The molecule has 0 fully saturated rings. The van der Waals surface area contributed by atoms with Crippen LogP contribution in [0.2, 0.25) is 0 Å². The zero-order chi connectivity index (χ0) is 13.4. The van der Waals surface area contributed by atoms with E-state index in [1.165, 1.54) is 15.4 Å². The summed E-state index contributed by atoms with van der Waals surface area (Å²) in [7, 11) is 1.77. The Morgan fingerprint density at radius 3 is 1.47 bits per heavy atom. The van der Waals surface area contributed by atoms with E-state index in [0.717, 1.165) is 5.75 Å². The van der Waals surface area contributed by atoms with Crippen molar-refractivity contribution < 1.29 is 4.74 Å². The summed E-state index contributed by atoms with van der Waals surface area (Å²) in [4.78, 5) is 0. The summed E-state index contributed by atoms with van der Waals surface area (Å²) in [5.74, 6) is 1.05. The van der Waals surface area contributed by atoms with Gasteiger partial charge in [-0.2, -0.15) is 0 Å². The van der Waals surface area contributed by atoms with Crippen LogP contribution in [0, 0.1) is 0 Å². The van der Waals surface area contributed by atoms with Crippen molar-refractivity contribution >= 4 is 22.0 Å². The van der Waals surface area contributed by atoms with Gasteiger partial charge in [0.05, 0.1) is 0 Å². The Bertz CT molecular complexity index is 373. The van der Waals surface area contributed by atoms with Gasteiger partial charge in [0.2, 0.25) is 0 Å². The molecule has 2 heteroatoms. The Labute approximate surface area is 115 Å². The molecule has 0 spiro atoms. The number of rotatable bonds is 1. The van der Waals surface area contributed by atoms with Crippen LogP contribution in [0.5, 0.6) is 5.75 Å². The van der Waals surface area contributed by atoms with Gasteiger partial charge in [-0.3, -0.25) is 0 Å². The van der Waals surface area contributed by atoms with Crippen LogP contribution in [0.15, 0.2) is 12.1 Å². The van der Waals surface area contributed by atoms with Crippen LogP contribution in [0.3, 0.4) is 0 Å². The molecule has 0 bridgehead atoms. The Morgan fingerprint density at radius 2 is 1.24 bits per heavy atom. The molecule has 1 nitrogen and oxygen atoms in total. The summed E-state index contributed by atoms with van der Waals surface area (Å²) in [5.41, 5.74) is 2.81. The molecule has 0 N–H and O–H groups in total. The van der Waals surface area contributed by atoms with Crippen molar-refractivity contribution in [1.29, 1.82) is 0 Å². The molecule has 0 saturated carbocycles. The fourth-order valence-corrected chi connectivity index (χ4v) is 2.11. The van der Waals surface area contributed by atoms with E-state index in [-0.39, 0.29) is 10.8 Å². The topological polar surface area (TPSA) is 9.23 Å². The van der Waals surface area contributed by atoms with Gasteiger partial charge < -0.3 is 0 Å². The van der Waals surface area contributed by atoms with Crippen LogP contribution in [0.4, 0.5) is 0 Å². The molecule has 0 unspecified atom stereocenters. The van der Waals surface area contributed by atoms with E-state index in [9.17, 15) is 0 Å². The molecule has 0 aliphatic heterocycles. The van der Waals surface area contributed by atoms with Crippen molar-refractivity contribution in [2.45, 2.75) is 52.4 Å². The fraction of sp³-hybridized carbons (Fsp3) is 0.600. The molecule has 0 amide bonds. The number of benzene rings is 1. The predicted molar refractivity (Wildman–Crippen MR) is 75.8 cm³/mol. The third-order valence-electron chi connectivity index (χ3n) is 3.05. The van der Waals surface area contributed by atoms with Gasteiger partial charge in [0.25, 0.3) is 0 Å². The average Bonchev–Trinajstić information content (AvgIpc) is 2.13. The Hall–Kier alpha value is -0.383. The molecule has 0 saturated heterocycles. The zero-order valence-electron chi connectivity index (χ0n) is 12.6. The van der Waals surface area contributed by atoms with Gasteiger partial charge in [-0.25, -0.2) is 0 Å². The molecule has 17 heavy (non-hydrogen) atoms. The standard InChI is InChI=1S/C15H23O.Li/c1-14(2,3)11-9-8-10-12(13(11)16-7)15(4,5)6;/h9-10H,1-7H3;. The molecule has 1 aromatic carbocycles. The van der Waals surface area contributed by atoms with E-state index in [4.69, 9.17) is 4.74 Å². The van der Waals surface area contributed by atoms with Crippen LogP contribution < -0.4 is 8.97 Å². The Balaban J connectivity index is 3.58. The molecule has 0 atom stereocenters. The van der Waals surface area contributed by atoms with Crippen LogP contribution in [0.1, 0.15) is 52.7 Å². The van der Waals surface area contributed by atoms with Gasteiger partial charge in [0.15, 0.2) is 0 Å². The molecule has 1 rings (SSSR count). The molecule has 90 valence electrons. The summed E-state index contributed by atoms with van der Waals surface area (Å²) in [5, 5.41) is 0. The number of methoxy groups -OCH3 is 1. The van der Waals surface area contributed by atoms with Crippen molar-refractivity contribution in [3.8, 4) is 5.75 Å². The van der Waals surface area contributed by atoms with Crippen LogP contribution in [-0.4, -0.2) is 24.8 Å². The Morgan fingerprint density at radius 1 is 0.882 bits per heavy atom. The van der Waals surface area contributed by atoms with E-state index in [1.54, 1.807) is 7.11 Å². The van der Waals surface area contributed by atoms with E-state index < -0.39 is 0 Å². The van der Waals surface area contributed by atoms with Crippen molar-refractivity contribution in [2.24, 2.45) is 0 Å². The van der Waals surface area contributed by atoms with E-state index in [2.05, 4.69) is 71.4 Å². The van der Waals surface area contributed by atoms with Crippen molar-refractivity contribution in [3.05, 3.63) is 23.3 Å². The minimum atomic E-state index is 0.108. The van der Waals surface area contributed by atoms with Crippen LogP contribution >= 0.6 is 0 Å². The SMILES string of the molecule is [Li][c]1cc(C(C)(C)C)c(OC)c(C(C)(C)C)c1. The summed E-state index contributed by atoms with van der Waals surface area (Å²) >= 11 is 2.16. The van der Waals surface area contributed by atoms with Gasteiger partial charge in [-0.05, 0) is 0 Å². The monoisotopic (exact) mass is 226 g/mol. The van der Waals surface area contributed by atoms with Gasteiger partial charge >= 0.3 is 115 Å². The number of ether oxygens (including phenoxy) is 1. The molecule has 0 aliphatic rings. The molecule has 1 aromatic rings. The normalized spacial score (nSPS) is 12.8. The van der Waals surface area contributed by atoms with E-state index in [1.807, 2.05) is 0 Å². The maximum absolute atomic E-state index is 5.68. The van der Waals surface area contributed by atoms with Gasteiger partial charge in [0.1, 0.15) is 0 Å². The van der Waals surface area contributed by atoms with E-state index in [0.29, 0.717) is 0 Å². The van der Waals surface area contributed by atoms with Crippen molar-refractivity contribution in [3.63, 3.8) is 0 Å². The summed E-state index contributed by atoms with van der Waals surface area (Å²) < 4.78 is 6.99. The first-order chi connectivity index (χ1) is 7.57. The summed E-state index contributed by atoms with van der Waals surface area (Å²) in [6, 6.07) is 4.49. The second-order valence-electron chi connectivity index (χ2n) is 6.89. The van der Waals surface area contributed by atoms with Gasteiger partial charge in [-0.15, -0.1) is 0 Å². The average molecular weight is 226 g/mol. The minimum absolute atomic E-state index is 0.108. The van der Waals surface area contributed by atoms with Crippen LogP contribution in [-0.2, 0) is 10.8 Å². The number of hydrogen-bond acceptors (Lipinski definition) is 1. The molecular weight excluding hydrogens is 203 g/mol. The van der Waals surface area contributed by atoms with Crippen molar-refractivity contribution in [1.82, 2.24) is 0 Å². The molecule has 0 radical (unpaired) electrons. The van der Waals surface area contributed by atoms with Gasteiger partial charge in [-0.1, -0.05) is 0 Å². The number of hydrogen-bond donors (Lipinski definition) is 0. The first-order valence-corrected chi connectivity index (χ1v) is 6.27. The third kappa shape index (κ3) is 3.30. The second-order valence-corrected chi connectivity index (χ2v) is 6.89. The fourth-order valence-electron chi connectivity index (χ4n) is 2.11. The second kappa shape index (κ2) is 4.71. The third-order valence-corrected chi connectivity index (χ3v) is 3.05. The molecular formula is C15H23LiO. The summed E-state index contributed by atoms with van der Waals surface area (Å²) in [6.45, 7) is 13.4. The van der Waals surface area contributed by atoms with Crippen LogP contribution in [0.25, 0.3) is 0 Å². The Kier molecular flexibility index (Phi) is 4.07. The molecule has 0 aliphatic carbocycles. The van der Waals surface area contributed by atoms with Gasteiger partial charge in [0, 0.05) is 0 Å². The first-order valence-electron chi connectivity index (χ1n) is 6.27. The zero-order valence-corrected chi connectivity index (χ0v) is 12.6.